The molecule has 98 valence electrons. The molecule has 0 spiro atoms. The van der Waals surface area contributed by atoms with E-state index in [-0.39, 0.29) is 11.5 Å². The molecule has 0 aromatic carbocycles. The summed E-state index contributed by atoms with van der Waals surface area (Å²) in [6, 6.07) is 0. The number of sulfone groups is 1. The van der Waals surface area contributed by atoms with Crippen molar-refractivity contribution in [2.75, 3.05) is 24.7 Å². The molecule has 4 nitrogen and oxygen atoms in total. The van der Waals surface area contributed by atoms with Crippen LogP contribution in [0.15, 0.2) is 0 Å². The van der Waals surface area contributed by atoms with Crippen LogP contribution in [0.4, 0.5) is 0 Å². The Labute approximate surface area is 98.9 Å². The molecule has 0 bridgehead atoms. The third-order valence-corrected chi connectivity index (χ3v) is 4.17. The fourth-order valence-electron chi connectivity index (χ4n) is 1.29. The van der Waals surface area contributed by atoms with E-state index in [9.17, 15) is 13.5 Å². The van der Waals surface area contributed by atoms with Crippen LogP contribution in [0.3, 0.4) is 0 Å². The molecular formula is C11H24O4S. The van der Waals surface area contributed by atoms with Crippen molar-refractivity contribution in [3.8, 4) is 0 Å². The van der Waals surface area contributed by atoms with Crippen molar-refractivity contribution in [1.29, 1.82) is 0 Å². The van der Waals surface area contributed by atoms with Gasteiger partial charge in [0.05, 0.1) is 11.9 Å². The smallest absolute Gasteiger partial charge is 0.150 e. The van der Waals surface area contributed by atoms with Crippen molar-refractivity contribution in [2.45, 2.75) is 45.6 Å². The average Bonchev–Trinajstić information content (AvgIpc) is 2.24. The zero-order chi connectivity index (χ0) is 12.4. The van der Waals surface area contributed by atoms with Crippen molar-refractivity contribution in [1.82, 2.24) is 0 Å². The van der Waals surface area contributed by atoms with E-state index in [4.69, 9.17) is 4.74 Å². The van der Waals surface area contributed by atoms with Crippen LogP contribution in [0.2, 0.25) is 0 Å². The van der Waals surface area contributed by atoms with E-state index in [0.29, 0.717) is 25.9 Å². The second kappa shape index (κ2) is 8.96. The van der Waals surface area contributed by atoms with E-state index in [2.05, 4.69) is 0 Å². The minimum atomic E-state index is -2.89. The Morgan fingerprint density at radius 2 is 1.88 bits per heavy atom. The second-order valence-electron chi connectivity index (χ2n) is 3.93. The highest BCUT2D eigenvalue weighted by atomic mass is 32.2. The first kappa shape index (κ1) is 15.9. The van der Waals surface area contributed by atoms with Gasteiger partial charge in [-0.05, 0) is 25.7 Å². The fourth-order valence-corrected chi connectivity index (χ4v) is 2.19. The van der Waals surface area contributed by atoms with Gasteiger partial charge in [0.2, 0.25) is 0 Å². The van der Waals surface area contributed by atoms with Gasteiger partial charge in [0.25, 0.3) is 0 Å². The molecule has 0 saturated heterocycles. The molecule has 1 atom stereocenters. The first-order valence-corrected chi connectivity index (χ1v) is 7.80. The maximum absolute atomic E-state index is 11.2. The normalized spacial score (nSPS) is 13.9. The highest BCUT2D eigenvalue weighted by Gasteiger charge is 2.09. The van der Waals surface area contributed by atoms with Gasteiger partial charge in [-0.3, -0.25) is 0 Å². The largest absolute Gasteiger partial charge is 0.393 e. The molecule has 0 radical (unpaired) electrons. The summed E-state index contributed by atoms with van der Waals surface area (Å²) in [5, 5.41) is 9.54. The first-order valence-electron chi connectivity index (χ1n) is 5.98. The molecule has 0 aromatic heterocycles. The zero-order valence-corrected chi connectivity index (χ0v) is 11.1. The highest BCUT2D eigenvalue weighted by Crippen LogP contribution is 2.05. The lowest BCUT2D eigenvalue weighted by molar-refractivity contribution is 0.0782. The Bertz CT molecular complexity index is 249. The minimum Gasteiger partial charge on any atom is -0.393 e. The van der Waals surface area contributed by atoms with Gasteiger partial charge in [-0.2, -0.15) is 0 Å². The fraction of sp³-hybridized carbons (Fsp3) is 1.00. The average molecular weight is 252 g/mol. The van der Waals surface area contributed by atoms with Gasteiger partial charge < -0.3 is 9.84 Å². The van der Waals surface area contributed by atoms with Gasteiger partial charge in [-0.1, -0.05) is 13.8 Å². The summed E-state index contributed by atoms with van der Waals surface area (Å²) in [4.78, 5) is 0. The van der Waals surface area contributed by atoms with Crippen LogP contribution in [-0.2, 0) is 14.6 Å². The quantitative estimate of drug-likeness (QED) is 0.597. The lowest BCUT2D eigenvalue weighted by atomic mass is 10.1. The van der Waals surface area contributed by atoms with Crippen molar-refractivity contribution in [2.24, 2.45) is 0 Å². The number of hydrogen-bond acceptors (Lipinski definition) is 4. The van der Waals surface area contributed by atoms with Crippen molar-refractivity contribution in [3.05, 3.63) is 0 Å². The van der Waals surface area contributed by atoms with Crippen LogP contribution in [0.5, 0.6) is 0 Å². The molecule has 0 rings (SSSR count). The highest BCUT2D eigenvalue weighted by molar-refractivity contribution is 7.91. The third kappa shape index (κ3) is 9.12. The summed E-state index contributed by atoms with van der Waals surface area (Å²) < 4.78 is 27.6. The van der Waals surface area contributed by atoms with E-state index in [1.807, 2.05) is 6.92 Å². The number of aliphatic hydroxyl groups is 1. The Hall–Kier alpha value is -0.130. The lowest BCUT2D eigenvalue weighted by Gasteiger charge is -2.10. The topological polar surface area (TPSA) is 63.6 Å². The molecule has 5 heteroatoms. The zero-order valence-electron chi connectivity index (χ0n) is 10.3. The molecule has 0 aliphatic heterocycles. The van der Waals surface area contributed by atoms with Gasteiger partial charge in [-0.15, -0.1) is 0 Å². The molecule has 0 saturated carbocycles. The maximum Gasteiger partial charge on any atom is 0.150 e. The van der Waals surface area contributed by atoms with Gasteiger partial charge >= 0.3 is 0 Å². The van der Waals surface area contributed by atoms with Crippen LogP contribution in [-0.4, -0.2) is 44.3 Å². The van der Waals surface area contributed by atoms with E-state index in [0.717, 1.165) is 13.0 Å². The predicted molar refractivity (Wildman–Crippen MR) is 65.3 cm³/mol. The minimum absolute atomic E-state index is 0.177. The van der Waals surface area contributed by atoms with Crippen LogP contribution in [0, 0.1) is 0 Å². The van der Waals surface area contributed by atoms with Crippen LogP contribution in [0.25, 0.3) is 0 Å². The lowest BCUT2D eigenvalue weighted by Crippen LogP contribution is -2.14. The van der Waals surface area contributed by atoms with E-state index >= 15 is 0 Å². The van der Waals surface area contributed by atoms with Gasteiger partial charge in [0, 0.05) is 19.0 Å². The number of hydrogen-bond donors (Lipinski definition) is 1. The molecule has 16 heavy (non-hydrogen) atoms. The van der Waals surface area contributed by atoms with E-state index in [1.54, 1.807) is 6.92 Å². The standard InChI is InChI=1S/C11H24O4S/c1-3-8-15-9-7-11(12)6-5-10-16(13,14)4-2/h11-12H,3-10H2,1-2H3. The summed E-state index contributed by atoms with van der Waals surface area (Å²) in [5.41, 5.74) is 0. The van der Waals surface area contributed by atoms with Crippen LogP contribution in [0.1, 0.15) is 39.5 Å². The Kier molecular flexibility index (Phi) is 8.89. The third-order valence-electron chi connectivity index (χ3n) is 2.38. The molecule has 0 heterocycles. The molecule has 0 amide bonds. The Morgan fingerprint density at radius 1 is 1.19 bits per heavy atom. The molecular weight excluding hydrogens is 228 g/mol. The first-order chi connectivity index (χ1) is 7.52. The monoisotopic (exact) mass is 252 g/mol. The molecule has 0 aliphatic rings. The number of aliphatic hydroxyl groups excluding tert-OH is 1. The predicted octanol–water partition coefficient (Wildman–Crippen LogP) is 1.38. The molecule has 0 aromatic rings. The van der Waals surface area contributed by atoms with Crippen molar-refractivity contribution < 1.29 is 18.3 Å². The number of rotatable bonds is 10. The molecule has 0 fully saturated rings. The second-order valence-corrected chi connectivity index (χ2v) is 6.41. The SMILES string of the molecule is CCCOCCC(O)CCCS(=O)(=O)CC. The summed E-state index contributed by atoms with van der Waals surface area (Å²) in [5.74, 6) is 0.360. The van der Waals surface area contributed by atoms with Crippen molar-refractivity contribution >= 4 is 9.84 Å². The Morgan fingerprint density at radius 3 is 2.44 bits per heavy atom. The van der Waals surface area contributed by atoms with Crippen LogP contribution < -0.4 is 0 Å². The number of ether oxygens (including phenoxy) is 1. The van der Waals surface area contributed by atoms with Crippen LogP contribution >= 0.6 is 0 Å². The summed E-state index contributed by atoms with van der Waals surface area (Å²) in [7, 11) is -2.89. The van der Waals surface area contributed by atoms with Gasteiger partial charge in [0.1, 0.15) is 9.84 Å². The molecule has 1 unspecified atom stereocenters. The van der Waals surface area contributed by atoms with E-state index < -0.39 is 15.9 Å². The van der Waals surface area contributed by atoms with Gasteiger partial charge in [-0.25, -0.2) is 8.42 Å². The summed E-state index contributed by atoms with van der Waals surface area (Å²) in [6.07, 6.45) is 2.19. The molecule has 0 aliphatic carbocycles. The molecule has 1 N–H and O–H groups in total. The summed E-state index contributed by atoms with van der Waals surface area (Å²) in [6.45, 7) is 4.95. The van der Waals surface area contributed by atoms with Gasteiger partial charge in [0.15, 0.2) is 0 Å². The van der Waals surface area contributed by atoms with E-state index in [1.165, 1.54) is 0 Å². The maximum atomic E-state index is 11.2. The Balaban J connectivity index is 3.47. The van der Waals surface area contributed by atoms with Crippen molar-refractivity contribution in [3.63, 3.8) is 0 Å². The summed E-state index contributed by atoms with van der Waals surface area (Å²) >= 11 is 0.